The zero-order valence-electron chi connectivity index (χ0n) is 11.5. The van der Waals surface area contributed by atoms with Crippen molar-refractivity contribution in [2.24, 2.45) is 0 Å². The van der Waals surface area contributed by atoms with Crippen molar-refractivity contribution < 1.29 is 0 Å². The Balaban J connectivity index is 1.91. The van der Waals surface area contributed by atoms with Gasteiger partial charge in [-0.3, -0.25) is 0 Å². The van der Waals surface area contributed by atoms with Gasteiger partial charge in [-0.15, -0.1) is 0 Å². The molecule has 0 aliphatic heterocycles. The van der Waals surface area contributed by atoms with Crippen LogP contribution in [-0.2, 0) is 0 Å². The summed E-state index contributed by atoms with van der Waals surface area (Å²) < 4.78 is 2.28. The summed E-state index contributed by atoms with van der Waals surface area (Å²) in [5.41, 5.74) is 0.988. The minimum Gasteiger partial charge on any atom is -0.347 e. The van der Waals surface area contributed by atoms with Crippen LogP contribution >= 0.6 is 0 Å². The van der Waals surface area contributed by atoms with E-state index in [1.165, 1.54) is 25.7 Å². The van der Waals surface area contributed by atoms with Crippen molar-refractivity contribution in [1.82, 2.24) is 19.5 Å². The fourth-order valence-corrected chi connectivity index (χ4v) is 2.68. The topological polar surface area (TPSA) is 46.8 Å². The summed E-state index contributed by atoms with van der Waals surface area (Å²) in [5, 5.41) is 0. The van der Waals surface area contributed by atoms with Crippen LogP contribution in [0.5, 0.6) is 0 Å². The van der Waals surface area contributed by atoms with E-state index in [2.05, 4.69) is 25.7 Å². The highest BCUT2D eigenvalue weighted by Gasteiger charge is 2.20. The molecule has 19 heavy (non-hydrogen) atoms. The summed E-state index contributed by atoms with van der Waals surface area (Å²) in [7, 11) is 3.88. The molecule has 0 atom stereocenters. The van der Waals surface area contributed by atoms with E-state index in [-0.39, 0.29) is 0 Å². The van der Waals surface area contributed by atoms with Crippen molar-refractivity contribution in [1.29, 1.82) is 0 Å². The van der Waals surface area contributed by atoms with Gasteiger partial charge in [-0.25, -0.2) is 15.0 Å². The molecule has 1 aliphatic carbocycles. The Bertz CT molecular complexity index is 537. The van der Waals surface area contributed by atoms with Crippen molar-refractivity contribution in [3.63, 3.8) is 0 Å². The normalized spacial score (nSPS) is 15.9. The van der Waals surface area contributed by atoms with E-state index in [1.807, 2.05) is 37.6 Å². The van der Waals surface area contributed by atoms with Crippen LogP contribution in [0.25, 0.3) is 11.4 Å². The maximum absolute atomic E-state index is 4.47. The van der Waals surface area contributed by atoms with Gasteiger partial charge in [0.05, 0.1) is 5.56 Å². The number of aromatic nitrogens is 4. The van der Waals surface area contributed by atoms with E-state index in [0.717, 1.165) is 17.3 Å². The van der Waals surface area contributed by atoms with E-state index in [4.69, 9.17) is 0 Å². The molecule has 5 heteroatoms. The van der Waals surface area contributed by atoms with Crippen LogP contribution in [0.1, 0.15) is 31.7 Å². The lowest BCUT2D eigenvalue weighted by Crippen LogP contribution is -2.12. The lowest BCUT2D eigenvalue weighted by Gasteiger charge is -2.15. The Morgan fingerprint density at radius 3 is 2.42 bits per heavy atom. The fourth-order valence-electron chi connectivity index (χ4n) is 2.68. The lowest BCUT2D eigenvalue weighted by molar-refractivity contribution is 0.523. The maximum Gasteiger partial charge on any atom is 0.224 e. The smallest absolute Gasteiger partial charge is 0.224 e. The van der Waals surface area contributed by atoms with Crippen molar-refractivity contribution >= 4 is 5.95 Å². The molecule has 0 aromatic carbocycles. The molecule has 5 nitrogen and oxygen atoms in total. The first-order chi connectivity index (χ1) is 9.25. The van der Waals surface area contributed by atoms with Crippen LogP contribution < -0.4 is 4.90 Å². The number of imidazole rings is 1. The number of hydrogen-bond acceptors (Lipinski definition) is 4. The second kappa shape index (κ2) is 4.99. The predicted molar refractivity (Wildman–Crippen MR) is 75.1 cm³/mol. The van der Waals surface area contributed by atoms with Gasteiger partial charge in [-0.1, -0.05) is 12.8 Å². The van der Waals surface area contributed by atoms with Crippen molar-refractivity contribution in [3.05, 3.63) is 24.8 Å². The van der Waals surface area contributed by atoms with Crippen molar-refractivity contribution in [2.45, 2.75) is 31.7 Å². The second-order valence-corrected chi connectivity index (χ2v) is 5.26. The van der Waals surface area contributed by atoms with E-state index < -0.39 is 0 Å². The van der Waals surface area contributed by atoms with E-state index in [1.54, 1.807) is 0 Å². The molecule has 100 valence electrons. The fraction of sp³-hybridized carbons (Fsp3) is 0.500. The summed E-state index contributed by atoms with van der Waals surface area (Å²) in [5.74, 6) is 1.71. The predicted octanol–water partition coefficient (Wildman–Crippen LogP) is 2.52. The Hall–Kier alpha value is -1.91. The van der Waals surface area contributed by atoms with E-state index in [0.29, 0.717) is 6.04 Å². The molecule has 0 radical (unpaired) electrons. The highest BCUT2D eigenvalue weighted by molar-refractivity contribution is 5.54. The number of nitrogens with zero attached hydrogens (tertiary/aromatic N) is 5. The van der Waals surface area contributed by atoms with Crippen LogP contribution in [0.4, 0.5) is 5.95 Å². The van der Waals surface area contributed by atoms with Gasteiger partial charge in [0.25, 0.3) is 0 Å². The largest absolute Gasteiger partial charge is 0.347 e. The van der Waals surface area contributed by atoms with Crippen LogP contribution in [0.2, 0.25) is 0 Å². The zero-order chi connectivity index (χ0) is 13.2. The van der Waals surface area contributed by atoms with Crippen LogP contribution in [0, 0.1) is 0 Å². The molecule has 1 fully saturated rings. The minimum absolute atomic E-state index is 0.589. The van der Waals surface area contributed by atoms with Gasteiger partial charge >= 0.3 is 0 Å². The Kier molecular flexibility index (Phi) is 3.19. The van der Waals surface area contributed by atoms with Gasteiger partial charge < -0.3 is 9.47 Å². The third-order valence-electron chi connectivity index (χ3n) is 3.68. The highest BCUT2D eigenvalue weighted by atomic mass is 15.2. The molecular weight excluding hydrogens is 238 g/mol. The molecule has 0 amide bonds. The average Bonchev–Trinajstić information content (AvgIpc) is 3.09. The maximum atomic E-state index is 4.47. The van der Waals surface area contributed by atoms with Crippen molar-refractivity contribution in [3.8, 4) is 11.4 Å². The second-order valence-electron chi connectivity index (χ2n) is 5.26. The first kappa shape index (κ1) is 12.1. The van der Waals surface area contributed by atoms with Crippen LogP contribution in [-0.4, -0.2) is 33.6 Å². The summed E-state index contributed by atoms with van der Waals surface area (Å²) >= 11 is 0. The molecule has 0 N–H and O–H groups in total. The van der Waals surface area contributed by atoms with Gasteiger partial charge in [0.2, 0.25) is 5.95 Å². The molecule has 0 spiro atoms. The third-order valence-corrected chi connectivity index (χ3v) is 3.68. The van der Waals surface area contributed by atoms with E-state index in [9.17, 15) is 0 Å². The summed E-state index contributed by atoms with van der Waals surface area (Å²) in [4.78, 5) is 15.1. The Labute approximate surface area is 113 Å². The van der Waals surface area contributed by atoms with Gasteiger partial charge in [0.1, 0.15) is 5.82 Å². The average molecular weight is 257 g/mol. The van der Waals surface area contributed by atoms with Gasteiger partial charge in [-0.05, 0) is 12.8 Å². The molecule has 0 unspecified atom stereocenters. The quantitative estimate of drug-likeness (QED) is 0.847. The first-order valence-electron chi connectivity index (χ1n) is 6.78. The molecule has 2 aromatic rings. The zero-order valence-corrected chi connectivity index (χ0v) is 11.5. The third kappa shape index (κ3) is 2.32. The molecule has 1 aliphatic rings. The Morgan fingerprint density at radius 2 is 1.79 bits per heavy atom. The van der Waals surface area contributed by atoms with E-state index >= 15 is 0 Å². The molecular formula is C14H19N5. The van der Waals surface area contributed by atoms with Gasteiger partial charge in [0, 0.05) is 44.9 Å². The Morgan fingerprint density at radius 1 is 1.11 bits per heavy atom. The SMILES string of the molecule is CN(C)c1ncc(-c2nccn2C2CCCC2)cn1. The molecule has 1 saturated carbocycles. The first-order valence-corrected chi connectivity index (χ1v) is 6.78. The molecule has 2 heterocycles. The summed E-state index contributed by atoms with van der Waals surface area (Å²) in [6.45, 7) is 0. The minimum atomic E-state index is 0.589. The monoisotopic (exact) mass is 257 g/mol. The highest BCUT2D eigenvalue weighted by Crippen LogP contribution is 2.32. The number of rotatable bonds is 3. The standard InChI is InChI=1S/C14H19N5/c1-18(2)14-16-9-11(10-17-14)13-15-7-8-19(13)12-5-3-4-6-12/h7-10,12H,3-6H2,1-2H3. The number of anilines is 1. The molecule has 0 bridgehead atoms. The molecule has 2 aromatic heterocycles. The molecule has 0 saturated heterocycles. The van der Waals surface area contributed by atoms with Gasteiger partial charge in [0.15, 0.2) is 0 Å². The molecule has 3 rings (SSSR count). The summed E-state index contributed by atoms with van der Waals surface area (Å²) in [6, 6.07) is 0.589. The van der Waals surface area contributed by atoms with Crippen molar-refractivity contribution in [2.75, 3.05) is 19.0 Å². The number of hydrogen-bond donors (Lipinski definition) is 0. The van der Waals surface area contributed by atoms with Crippen LogP contribution in [0.3, 0.4) is 0 Å². The lowest BCUT2D eigenvalue weighted by atomic mass is 10.2. The summed E-state index contributed by atoms with van der Waals surface area (Å²) in [6.07, 6.45) is 12.8. The van der Waals surface area contributed by atoms with Crippen LogP contribution in [0.15, 0.2) is 24.8 Å². The van der Waals surface area contributed by atoms with Gasteiger partial charge in [-0.2, -0.15) is 0 Å².